The summed E-state index contributed by atoms with van der Waals surface area (Å²) in [6, 6.07) is 1.43. The molecule has 1 N–H and O–H groups in total. The molecule has 0 unspecified atom stereocenters. The second kappa shape index (κ2) is 4.18. The van der Waals surface area contributed by atoms with Crippen molar-refractivity contribution in [1.29, 1.82) is 0 Å². The van der Waals surface area contributed by atoms with Gasteiger partial charge in [0, 0.05) is 17.2 Å². The van der Waals surface area contributed by atoms with Crippen LogP contribution in [0.1, 0.15) is 30.9 Å². The lowest BCUT2D eigenvalue weighted by Gasteiger charge is -2.11. The zero-order valence-electron chi connectivity index (χ0n) is 8.74. The third-order valence-electron chi connectivity index (χ3n) is 2.31. The zero-order chi connectivity index (χ0) is 11.7. The standard InChI is InChI=1S/C10H12BrNO3/c1-5(2)7-4-8(12(14)15)6(3)9(11)10(7)13/h4-5,13H,1-3H3. The maximum atomic E-state index is 10.8. The first-order valence-corrected chi connectivity index (χ1v) is 5.32. The van der Waals surface area contributed by atoms with E-state index in [0.717, 1.165) is 0 Å². The first kappa shape index (κ1) is 12.0. The van der Waals surface area contributed by atoms with Crippen molar-refractivity contribution in [3.63, 3.8) is 0 Å². The second-order valence-corrected chi connectivity index (χ2v) is 4.48. The minimum Gasteiger partial charge on any atom is -0.506 e. The Bertz CT molecular complexity index is 416. The number of phenolic OH excluding ortho intramolecular Hbond substituents is 1. The van der Waals surface area contributed by atoms with Crippen molar-refractivity contribution in [2.75, 3.05) is 0 Å². The van der Waals surface area contributed by atoms with Crippen molar-refractivity contribution >= 4 is 21.6 Å². The summed E-state index contributed by atoms with van der Waals surface area (Å²) in [6.45, 7) is 5.35. The third-order valence-corrected chi connectivity index (χ3v) is 3.28. The van der Waals surface area contributed by atoms with E-state index in [0.29, 0.717) is 15.6 Å². The van der Waals surface area contributed by atoms with Crippen molar-refractivity contribution in [2.24, 2.45) is 0 Å². The molecule has 1 aromatic carbocycles. The van der Waals surface area contributed by atoms with Gasteiger partial charge in [0.2, 0.25) is 0 Å². The molecule has 0 radical (unpaired) electrons. The Hall–Kier alpha value is -1.10. The predicted octanol–water partition coefficient (Wildman–Crippen LogP) is 3.49. The van der Waals surface area contributed by atoms with Crippen molar-refractivity contribution in [3.05, 3.63) is 31.8 Å². The van der Waals surface area contributed by atoms with E-state index in [1.165, 1.54) is 6.07 Å². The van der Waals surface area contributed by atoms with Gasteiger partial charge in [-0.15, -0.1) is 0 Å². The van der Waals surface area contributed by atoms with E-state index < -0.39 is 4.92 Å². The Kier molecular flexibility index (Phi) is 3.34. The predicted molar refractivity (Wildman–Crippen MR) is 61.3 cm³/mol. The Balaban J connectivity index is 3.52. The zero-order valence-corrected chi connectivity index (χ0v) is 10.3. The molecule has 0 aromatic heterocycles. The number of benzene rings is 1. The van der Waals surface area contributed by atoms with Crippen LogP contribution in [-0.2, 0) is 0 Å². The average Bonchev–Trinajstić information content (AvgIpc) is 2.13. The molecule has 1 rings (SSSR count). The van der Waals surface area contributed by atoms with Crippen LogP contribution in [-0.4, -0.2) is 10.0 Å². The number of phenols is 1. The molecule has 0 amide bonds. The molecular formula is C10H12BrNO3. The molecule has 0 saturated carbocycles. The van der Waals surface area contributed by atoms with E-state index in [9.17, 15) is 15.2 Å². The largest absolute Gasteiger partial charge is 0.506 e. The molecule has 0 saturated heterocycles. The molecule has 4 nitrogen and oxygen atoms in total. The van der Waals surface area contributed by atoms with Gasteiger partial charge in [-0.3, -0.25) is 10.1 Å². The highest BCUT2D eigenvalue weighted by atomic mass is 79.9. The monoisotopic (exact) mass is 273 g/mol. The van der Waals surface area contributed by atoms with Gasteiger partial charge in [0.25, 0.3) is 5.69 Å². The van der Waals surface area contributed by atoms with Crippen LogP contribution in [0.5, 0.6) is 5.75 Å². The van der Waals surface area contributed by atoms with E-state index in [1.54, 1.807) is 6.92 Å². The van der Waals surface area contributed by atoms with E-state index >= 15 is 0 Å². The normalized spacial score (nSPS) is 10.7. The molecule has 82 valence electrons. The lowest BCUT2D eigenvalue weighted by molar-refractivity contribution is -0.385. The summed E-state index contributed by atoms with van der Waals surface area (Å²) in [7, 11) is 0. The molecular weight excluding hydrogens is 262 g/mol. The SMILES string of the molecule is Cc1c([N+](=O)[O-])cc(C(C)C)c(O)c1Br. The molecule has 0 aliphatic carbocycles. The molecule has 0 bridgehead atoms. The summed E-state index contributed by atoms with van der Waals surface area (Å²) in [4.78, 5) is 10.3. The van der Waals surface area contributed by atoms with Crippen molar-refractivity contribution in [2.45, 2.75) is 26.7 Å². The Labute approximate surface area is 96.2 Å². The molecule has 1 aromatic rings. The van der Waals surface area contributed by atoms with E-state index in [2.05, 4.69) is 15.9 Å². The van der Waals surface area contributed by atoms with Gasteiger partial charge in [0.1, 0.15) is 5.75 Å². The Morgan fingerprint density at radius 2 is 2.07 bits per heavy atom. The summed E-state index contributed by atoms with van der Waals surface area (Å²) in [5, 5.41) is 20.5. The minimum atomic E-state index is -0.439. The summed E-state index contributed by atoms with van der Waals surface area (Å²) >= 11 is 3.16. The van der Waals surface area contributed by atoms with Gasteiger partial charge < -0.3 is 5.11 Å². The van der Waals surface area contributed by atoms with E-state index in [1.807, 2.05) is 13.8 Å². The van der Waals surface area contributed by atoms with Gasteiger partial charge >= 0.3 is 0 Å². The van der Waals surface area contributed by atoms with E-state index in [-0.39, 0.29) is 17.4 Å². The van der Waals surface area contributed by atoms with Crippen LogP contribution in [0.2, 0.25) is 0 Å². The number of rotatable bonds is 2. The maximum Gasteiger partial charge on any atom is 0.273 e. The number of halogens is 1. The molecule has 0 aliphatic heterocycles. The molecule has 15 heavy (non-hydrogen) atoms. The first-order chi connectivity index (χ1) is 6.86. The molecule has 5 heteroatoms. The topological polar surface area (TPSA) is 63.4 Å². The Morgan fingerprint density at radius 1 is 1.53 bits per heavy atom. The summed E-state index contributed by atoms with van der Waals surface area (Å²) in [5.74, 6) is 0.133. The fraction of sp³-hybridized carbons (Fsp3) is 0.400. The van der Waals surface area contributed by atoms with Crippen molar-refractivity contribution < 1.29 is 10.0 Å². The van der Waals surface area contributed by atoms with Crippen LogP contribution in [0, 0.1) is 17.0 Å². The molecule has 0 spiro atoms. The lowest BCUT2D eigenvalue weighted by Crippen LogP contribution is -1.97. The minimum absolute atomic E-state index is 0.0309. The fourth-order valence-corrected chi connectivity index (χ4v) is 1.80. The molecule has 0 heterocycles. The van der Waals surface area contributed by atoms with Gasteiger partial charge in [-0.25, -0.2) is 0 Å². The third kappa shape index (κ3) is 2.12. The number of nitro benzene ring substituents is 1. The highest BCUT2D eigenvalue weighted by Gasteiger charge is 2.21. The van der Waals surface area contributed by atoms with Gasteiger partial charge in [-0.2, -0.15) is 0 Å². The second-order valence-electron chi connectivity index (χ2n) is 3.68. The number of hydrogen-bond donors (Lipinski definition) is 1. The Morgan fingerprint density at radius 3 is 2.47 bits per heavy atom. The maximum absolute atomic E-state index is 10.8. The molecule has 0 aliphatic rings. The van der Waals surface area contributed by atoms with Crippen molar-refractivity contribution in [3.8, 4) is 5.75 Å². The van der Waals surface area contributed by atoms with Crippen LogP contribution in [0.3, 0.4) is 0 Å². The smallest absolute Gasteiger partial charge is 0.273 e. The van der Waals surface area contributed by atoms with Gasteiger partial charge in [0.05, 0.1) is 9.40 Å². The van der Waals surface area contributed by atoms with Crippen molar-refractivity contribution in [1.82, 2.24) is 0 Å². The van der Waals surface area contributed by atoms with Gasteiger partial charge in [-0.05, 0) is 28.8 Å². The van der Waals surface area contributed by atoms with Crippen LogP contribution in [0.25, 0.3) is 0 Å². The number of aromatic hydroxyl groups is 1. The van der Waals surface area contributed by atoms with Gasteiger partial charge in [0.15, 0.2) is 0 Å². The van der Waals surface area contributed by atoms with Gasteiger partial charge in [-0.1, -0.05) is 13.8 Å². The van der Waals surface area contributed by atoms with E-state index in [4.69, 9.17) is 0 Å². The lowest BCUT2D eigenvalue weighted by atomic mass is 9.99. The summed E-state index contributed by atoms with van der Waals surface area (Å²) < 4.78 is 0.403. The number of hydrogen-bond acceptors (Lipinski definition) is 3. The quantitative estimate of drug-likeness (QED) is 0.663. The highest BCUT2D eigenvalue weighted by Crippen LogP contribution is 2.39. The molecule has 0 atom stereocenters. The summed E-state index contributed by atoms with van der Waals surface area (Å²) in [6.07, 6.45) is 0. The summed E-state index contributed by atoms with van der Waals surface area (Å²) in [5.41, 5.74) is 1.06. The molecule has 0 fully saturated rings. The average molecular weight is 274 g/mol. The van der Waals surface area contributed by atoms with Crippen LogP contribution >= 0.6 is 15.9 Å². The van der Waals surface area contributed by atoms with Crippen LogP contribution in [0.15, 0.2) is 10.5 Å². The fourth-order valence-electron chi connectivity index (χ4n) is 1.37. The van der Waals surface area contributed by atoms with Crippen LogP contribution < -0.4 is 0 Å². The first-order valence-electron chi connectivity index (χ1n) is 4.52. The number of nitrogens with zero attached hydrogens (tertiary/aromatic N) is 1. The highest BCUT2D eigenvalue weighted by molar-refractivity contribution is 9.10. The number of nitro groups is 1. The van der Waals surface area contributed by atoms with Crippen LogP contribution in [0.4, 0.5) is 5.69 Å².